The minimum absolute atomic E-state index is 0.144. The van der Waals surface area contributed by atoms with E-state index < -0.39 is 17.6 Å². The zero-order valence-corrected chi connectivity index (χ0v) is 16.4. The predicted octanol–water partition coefficient (Wildman–Crippen LogP) is 2.08. The number of hydrogen-bond donors (Lipinski definition) is 1. The number of amides is 3. The fourth-order valence-electron chi connectivity index (χ4n) is 3.66. The van der Waals surface area contributed by atoms with Crippen LogP contribution in [0.2, 0.25) is 0 Å². The molecule has 0 aromatic heterocycles. The molecule has 156 valence electrons. The first-order valence-corrected chi connectivity index (χ1v) is 9.91. The van der Waals surface area contributed by atoms with Crippen molar-refractivity contribution in [2.75, 3.05) is 44.3 Å². The molecule has 0 bridgehead atoms. The fourth-order valence-corrected chi connectivity index (χ4v) is 3.66. The zero-order chi connectivity index (χ0) is 21.1. The maximum absolute atomic E-state index is 13.5. The molecule has 8 heteroatoms. The number of carbonyl (C=O) groups excluding carboxylic acids is 3. The first-order chi connectivity index (χ1) is 14.5. The zero-order valence-electron chi connectivity index (χ0n) is 16.4. The minimum atomic E-state index is -0.567. The number of morpholine rings is 1. The Morgan fingerprint density at radius 1 is 1.03 bits per heavy atom. The summed E-state index contributed by atoms with van der Waals surface area (Å²) in [6.07, 6.45) is 0.807. The lowest BCUT2D eigenvalue weighted by Crippen LogP contribution is -2.38. The van der Waals surface area contributed by atoms with Crippen molar-refractivity contribution >= 4 is 23.4 Å². The molecule has 1 saturated heterocycles. The van der Waals surface area contributed by atoms with Crippen molar-refractivity contribution in [1.82, 2.24) is 10.2 Å². The van der Waals surface area contributed by atoms with Crippen LogP contribution in [0.5, 0.6) is 0 Å². The van der Waals surface area contributed by atoms with Crippen LogP contribution in [0.3, 0.4) is 0 Å². The van der Waals surface area contributed by atoms with Gasteiger partial charge in [0, 0.05) is 25.2 Å². The van der Waals surface area contributed by atoms with Gasteiger partial charge in [0.1, 0.15) is 5.82 Å². The molecule has 0 unspecified atom stereocenters. The number of benzene rings is 2. The van der Waals surface area contributed by atoms with E-state index in [0.29, 0.717) is 12.1 Å². The molecular formula is C22H22FN3O4. The molecule has 0 atom stereocenters. The van der Waals surface area contributed by atoms with Crippen LogP contribution < -0.4 is 10.2 Å². The average Bonchev–Trinajstić information content (AvgIpc) is 3.01. The van der Waals surface area contributed by atoms with Crippen LogP contribution in [-0.4, -0.2) is 62.0 Å². The molecule has 2 aliphatic heterocycles. The van der Waals surface area contributed by atoms with Crippen molar-refractivity contribution in [3.63, 3.8) is 0 Å². The van der Waals surface area contributed by atoms with Crippen molar-refractivity contribution in [2.24, 2.45) is 0 Å². The summed E-state index contributed by atoms with van der Waals surface area (Å²) < 4.78 is 18.8. The molecule has 2 aliphatic rings. The Morgan fingerprint density at radius 3 is 2.57 bits per heavy atom. The van der Waals surface area contributed by atoms with Gasteiger partial charge in [0.25, 0.3) is 17.7 Å². The van der Waals surface area contributed by atoms with E-state index in [4.69, 9.17) is 4.74 Å². The smallest absolute Gasteiger partial charge is 0.266 e. The van der Waals surface area contributed by atoms with Gasteiger partial charge in [-0.25, -0.2) is 9.29 Å². The molecule has 0 spiro atoms. The van der Waals surface area contributed by atoms with Gasteiger partial charge in [0.05, 0.1) is 30.0 Å². The molecule has 0 aliphatic carbocycles. The van der Waals surface area contributed by atoms with E-state index in [9.17, 15) is 18.8 Å². The maximum Gasteiger partial charge on any atom is 0.266 e. The minimum Gasteiger partial charge on any atom is -0.379 e. The van der Waals surface area contributed by atoms with Gasteiger partial charge in [-0.1, -0.05) is 6.07 Å². The molecule has 1 N–H and O–H groups in total. The molecular weight excluding hydrogens is 389 g/mol. The third-order valence-electron chi connectivity index (χ3n) is 5.26. The summed E-state index contributed by atoms with van der Waals surface area (Å²) in [5.74, 6) is -1.94. The number of anilines is 1. The van der Waals surface area contributed by atoms with Gasteiger partial charge >= 0.3 is 0 Å². The van der Waals surface area contributed by atoms with Gasteiger partial charge in [-0.3, -0.25) is 19.3 Å². The number of imide groups is 1. The summed E-state index contributed by atoms with van der Waals surface area (Å²) in [5, 5.41) is 2.85. The summed E-state index contributed by atoms with van der Waals surface area (Å²) in [7, 11) is 0. The summed E-state index contributed by atoms with van der Waals surface area (Å²) in [6.45, 7) is 4.66. The van der Waals surface area contributed by atoms with E-state index in [0.717, 1.165) is 50.2 Å². The second kappa shape index (κ2) is 8.73. The van der Waals surface area contributed by atoms with Crippen LogP contribution >= 0.6 is 0 Å². The Labute approximate surface area is 173 Å². The number of rotatable bonds is 6. The van der Waals surface area contributed by atoms with E-state index in [1.54, 1.807) is 0 Å². The Balaban J connectivity index is 1.40. The summed E-state index contributed by atoms with van der Waals surface area (Å²) >= 11 is 0. The molecule has 2 aromatic rings. The molecule has 30 heavy (non-hydrogen) atoms. The topological polar surface area (TPSA) is 79.0 Å². The standard InChI is InChI=1S/C22H22FN3O4/c23-16-3-1-4-17(14-16)26-21(28)18-6-5-15(13-19(18)22(26)29)20(27)24-7-2-8-25-9-11-30-12-10-25/h1,3-6,13-14H,2,7-12H2,(H,24,27). The Bertz CT molecular complexity index is 988. The van der Waals surface area contributed by atoms with Crippen LogP contribution in [0.25, 0.3) is 0 Å². The largest absolute Gasteiger partial charge is 0.379 e. The van der Waals surface area contributed by atoms with E-state index >= 15 is 0 Å². The van der Waals surface area contributed by atoms with Gasteiger partial charge < -0.3 is 10.1 Å². The molecule has 1 fully saturated rings. The second-order valence-electron chi connectivity index (χ2n) is 7.25. The second-order valence-corrected chi connectivity index (χ2v) is 7.25. The highest BCUT2D eigenvalue weighted by Crippen LogP contribution is 2.29. The number of halogens is 1. The first-order valence-electron chi connectivity index (χ1n) is 9.91. The van der Waals surface area contributed by atoms with Crippen molar-refractivity contribution in [3.8, 4) is 0 Å². The lowest BCUT2D eigenvalue weighted by atomic mass is 10.1. The van der Waals surface area contributed by atoms with Crippen LogP contribution in [0, 0.1) is 5.82 Å². The quantitative estimate of drug-likeness (QED) is 0.582. The Kier molecular flexibility index (Phi) is 5.87. The fraction of sp³-hybridized carbons (Fsp3) is 0.318. The number of fused-ring (bicyclic) bond motifs is 1. The van der Waals surface area contributed by atoms with Crippen LogP contribution in [0.1, 0.15) is 37.5 Å². The summed E-state index contributed by atoms with van der Waals surface area (Å²) in [4.78, 5) is 41.1. The lowest BCUT2D eigenvalue weighted by molar-refractivity contribution is 0.0374. The molecule has 0 saturated carbocycles. The van der Waals surface area contributed by atoms with Crippen LogP contribution in [0.4, 0.5) is 10.1 Å². The Hall–Kier alpha value is -3.10. The monoisotopic (exact) mass is 411 g/mol. The number of nitrogens with zero attached hydrogens (tertiary/aromatic N) is 2. The number of ether oxygens (including phenoxy) is 1. The van der Waals surface area contributed by atoms with Gasteiger partial charge in [-0.2, -0.15) is 0 Å². The SMILES string of the molecule is O=C(NCCCN1CCOCC1)c1ccc2c(c1)C(=O)N(c1cccc(F)c1)C2=O. The summed E-state index contributed by atoms with van der Waals surface area (Å²) in [5.41, 5.74) is 0.816. The average molecular weight is 411 g/mol. The predicted molar refractivity (Wildman–Crippen MR) is 108 cm³/mol. The number of hydrogen-bond acceptors (Lipinski definition) is 5. The summed E-state index contributed by atoms with van der Waals surface area (Å²) in [6, 6.07) is 9.71. The highest BCUT2D eigenvalue weighted by molar-refractivity contribution is 6.34. The highest BCUT2D eigenvalue weighted by Gasteiger charge is 2.37. The third kappa shape index (κ3) is 4.10. The first kappa shape index (κ1) is 20.2. The van der Waals surface area contributed by atoms with Crippen LogP contribution in [0.15, 0.2) is 42.5 Å². The van der Waals surface area contributed by atoms with Gasteiger partial charge in [-0.05, 0) is 49.4 Å². The van der Waals surface area contributed by atoms with Crippen LogP contribution in [-0.2, 0) is 4.74 Å². The van der Waals surface area contributed by atoms with E-state index in [1.165, 1.54) is 36.4 Å². The molecule has 7 nitrogen and oxygen atoms in total. The number of nitrogens with one attached hydrogen (secondary N) is 1. The van der Waals surface area contributed by atoms with E-state index in [2.05, 4.69) is 10.2 Å². The van der Waals surface area contributed by atoms with Gasteiger partial charge in [0.15, 0.2) is 0 Å². The van der Waals surface area contributed by atoms with Crippen molar-refractivity contribution in [1.29, 1.82) is 0 Å². The van der Waals surface area contributed by atoms with E-state index in [-0.39, 0.29) is 22.7 Å². The van der Waals surface area contributed by atoms with E-state index in [1.807, 2.05) is 0 Å². The van der Waals surface area contributed by atoms with Crippen molar-refractivity contribution in [3.05, 3.63) is 65.0 Å². The Morgan fingerprint density at radius 2 is 1.80 bits per heavy atom. The number of carbonyl (C=O) groups is 3. The van der Waals surface area contributed by atoms with Crippen molar-refractivity contribution < 1.29 is 23.5 Å². The highest BCUT2D eigenvalue weighted by atomic mass is 19.1. The lowest BCUT2D eigenvalue weighted by Gasteiger charge is -2.26. The van der Waals surface area contributed by atoms with Gasteiger partial charge in [-0.15, -0.1) is 0 Å². The molecule has 4 rings (SSSR count). The van der Waals surface area contributed by atoms with Crippen molar-refractivity contribution in [2.45, 2.75) is 6.42 Å². The molecule has 2 aromatic carbocycles. The third-order valence-corrected chi connectivity index (χ3v) is 5.26. The maximum atomic E-state index is 13.5. The van der Waals surface area contributed by atoms with Gasteiger partial charge in [0.2, 0.25) is 0 Å². The normalized spacial score (nSPS) is 16.6. The molecule has 3 amide bonds. The molecule has 0 radical (unpaired) electrons. The molecule has 2 heterocycles.